The fourth-order valence-corrected chi connectivity index (χ4v) is 5.00. The number of pyridine rings is 1. The average Bonchev–Trinajstić information content (AvgIpc) is 3.04. The van der Waals surface area contributed by atoms with Gasteiger partial charge in [0.25, 0.3) is 12.3 Å². The molecule has 190 valence electrons. The zero-order valence-corrected chi connectivity index (χ0v) is 21.2. The molecule has 0 aliphatic carbocycles. The number of halogens is 4. The van der Waals surface area contributed by atoms with Gasteiger partial charge in [0.2, 0.25) is 0 Å². The molecule has 1 aromatic heterocycles. The maximum absolute atomic E-state index is 14.0. The number of carbonyl (C=O) groups is 1. The van der Waals surface area contributed by atoms with Crippen molar-refractivity contribution in [3.8, 4) is 0 Å². The van der Waals surface area contributed by atoms with Gasteiger partial charge in [-0.3, -0.25) is 9.78 Å². The number of unbranched alkanes of at least 4 members (excludes halogenated alkanes) is 3. The number of nitrogens with one attached hydrogen (secondary N) is 1. The first-order chi connectivity index (χ1) is 16.7. The van der Waals surface area contributed by atoms with Crippen LogP contribution in [0.15, 0.2) is 52.8 Å². The van der Waals surface area contributed by atoms with E-state index < -0.39 is 28.8 Å². The molecule has 5 nitrogen and oxygen atoms in total. The molecule has 1 aromatic carbocycles. The van der Waals surface area contributed by atoms with E-state index in [0.717, 1.165) is 54.2 Å². The molecule has 0 saturated carbocycles. The summed E-state index contributed by atoms with van der Waals surface area (Å²) in [4.78, 5) is 18.0. The van der Waals surface area contributed by atoms with Crippen LogP contribution in [0.2, 0.25) is 5.02 Å². The van der Waals surface area contributed by atoms with Crippen LogP contribution in [-0.4, -0.2) is 51.9 Å². The Labute approximate surface area is 212 Å². The molecule has 2 heterocycles. The Bertz CT molecular complexity index is 1120. The van der Waals surface area contributed by atoms with E-state index in [-0.39, 0.29) is 12.1 Å². The Kier molecular flexibility index (Phi) is 9.49. The molecular formula is C25H29ClF3N3O2S. The molecule has 0 spiro atoms. The van der Waals surface area contributed by atoms with Gasteiger partial charge in [-0.15, -0.1) is 11.8 Å². The first-order valence-corrected chi connectivity index (χ1v) is 12.9. The van der Waals surface area contributed by atoms with E-state index in [2.05, 4.69) is 10.3 Å². The Balaban J connectivity index is 1.48. The van der Waals surface area contributed by atoms with Gasteiger partial charge in [-0.25, -0.2) is 13.2 Å². The summed E-state index contributed by atoms with van der Waals surface area (Å²) in [7, 11) is 0. The Hall–Kier alpha value is -2.23. The van der Waals surface area contributed by atoms with Crippen molar-refractivity contribution < 1.29 is 23.1 Å². The molecule has 35 heavy (non-hydrogen) atoms. The highest BCUT2D eigenvalue weighted by atomic mass is 35.5. The van der Waals surface area contributed by atoms with Gasteiger partial charge >= 0.3 is 0 Å². The first-order valence-electron chi connectivity index (χ1n) is 11.5. The SMILES string of the molecule is CCS/C(C1=CC(C)(O)N(CCCCCCNc2ccnc3cc(Cl)ccc23)C1=O)=C(\F)C(F)F. The van der Waals surface area contributed by atoms with E-state index >= 15 is 0 Å². The minimum atomic E-state index is -3.31. The number of rotatable bonds is 12. The zero-order valence-electron chi connectivity index (χ0n) is 19.7. The number of benzene rings is 1. The summed E-state index contributed by atoms with van der Waals surface area (Å²) in [5.41, 5.74) is -0.0496. The summed E-state index contributed by atoms with van der Waals surface area (Å²) in [5.74, 6) is -1.95. The van der Waals surface area contributed by atoms with Crippen molar-refractivity contribution in [3.05, 3.63) is 57.9 Å². The van der Waals surface area contributed by atoms with Crippen LogP contribution in [0, 0.1) is 0 Å². The standard InChI is InChI=1S/C25H29ClF3N3O2S/c1-3-35-22(21(27)23(28)29)18-15-25(2,34)32(24(18)33)13-7-5-4-6-11-30-19-10-12-31-20-14-16(26)8-9-17(19)20/h8-10,12,14-15,23,34H,3-7,11,13H2,1-2H3,(H,30,31)/b22-21-. The van der Waals surface area contributed by atoms with Crippen molar-refractivity contribution in [2.24, 2.45) is 0 Å². The van der Waals surface area contributed by atoms with Crippen molar-refractivity contribution in [3.63, 3.8) is 0 Å². The van der Waals surface area contributed by atoms with Crippen molar-refractivity contribution in [2.45, 2.75) is 51.7 Å². The summed E-state index contributed by atoms with van der Waals surface area (Å²) in [6.07, 6.45) is 2.81. The second kappa shape index (κ2) is 12.1. The molecule has 1 aliphatic heterocycles. The van der Waals surface area contributed by atoms with Crippen LogP contribution >= 0.6 is 23.4 Å². The van der Waals surface area contributed by atoms with Gasteiger partial charge < -0.3 is 15.3 Å². The number of carbonyl (C=O) groups excluding carboxylic acids is 1. The predicted octanol–water partition coefficient (Wildman–Crippen LogP) is 6.54. The molecule has 0 saturated heterocycles. The van der Waals surface area contributed by atoms with Gasteiger partial charge in [-0.1, -0.05) is 31.4 Å². The van der Waals surface area contributed by atoms with Gasteiger partial charge in [-0.05, 0) is 55.9 Å². The number of hydrogen-bond donors (Lipinski definition) is 2. The summed E-state index contributed by atoms with van der Waals surface area (Å²) in [5, 5.41) is 15.7. The number of nitrogens with zero attached hydrogens (tertiary/aromatic N) is 2. The highest BCUT2D eigenvalue weighted by Gasteiger charge is 2.42. The third-order valence-electron chi connectivity index (χ3n) is 5.71. The molecule has 0 bridgehead atoms. The first kappa shape index (κ1) is 27.4. The van der Waals surface area contributed by atoms with E-state index in [1.54, 1.807) is 13.1 Å². The number of aromatic nitrogens is 1. The highest BCUT2D eigenvalue weighted by molar-refractivity contribution is 8.03. The smallest absolute Gasteiger partial charge is 0.290 e. The summed E-state index contributed by atoms with van der Waals surface area (Å²) in [6, 6.07) is 7.49. The number of alkyl halides is 2. The number of fused-ring (bicyclic) bond motifs is 1. The van der Waals surface area contributed by atoms with Crippen molar-refractivity contribution in [2.75, 3.05) is 24.2 Å². The number of aliphatic hydroxyl groups is 1. The zero-order chi connectivity index (χ0) is 25.6. The monoisotopic (exact) mass is 527 g/mol. The Morgan fingerprint density at radius 2 is 2.00 bits per heavy atom. The highest BCUT2D eigenvalue weighted by Crippen LogP contribution is 2.38. The van der Waals surface area contributed by atoms with Gasteiger partial charge in [0.15, 0.2) is 11.6 Å². The second-order valence-electron chi connectivity index (χ2n) is 8.38. The molecule has 2 aromatic rings. The van der Waals surface area contributed by atoms with Crippen molar-refractivity contribution >= 4 is 45.9 Å². The molecule has 1 unspecified atom stereocenters. The quantitative estimate of drug-likeness (QED) is 0.307. The van der Waals surface area contributed by atoms with Crippen LogP contribution in [-0.2, 0) is 4.79 Å². The largest absolute Gasteiger partial charge is 0.384 e. The average molecular weight is 528 g/mol. The van der Waals surface area contributed by atoms with E-state index in [0.29, 0.717) is 17.2 Å². The predicted molar refractivity (Wildman–Crippen MR) is 136 cm³/mol. The number of thioether (sulfide) groups is 1. The van der Waals surface area contributed by atoms with Crippen molar-refractivity contribution in [1.82, 2.24) is 9.88 Å². The lowest BCUT2D eigenvalue weighted by atomic mass is 10.1. The minimum Gasteiger partial charge on any atom is -0.384 e. The molecule has 1 atom stereocenters. The molecule has 0 fully saturated rings. The summed E-state index contributed by atoms with van der Waals surface area (Å²) in [6.45, 7) is 4.09. The van der Waals surface area contributed by atoms with Crippen LogP contribution < -0.4 is 5.32 Å². The lowest BCUT2D eigenvalue weighted by Gasteiger charge is -2.29. The maximum Gasteiger partial charge on any atom is 0.290 e. The van der Waals surface area contributed by atoms with Crippen LogP contribution in [0.4, 0.5) is 18.9 Å². The fraction of sp³-hybridized carbons (Fsp3) is 0.440. The molecule has 3 rings (SSSR count). The number of amides is 1. The van der Waals surface area contributed by atoms with Crippen LogP contribution in [0.1, 0.15) is 39.5 Å². The van der Waals surface area contributed by atoms with E-state index in [1.807, 2.05) is 24.3 Å². The molecule has 1 aliphatic rings. The van der Waals surface area contributed by atoms with Gasteiger partial charge in [-0.2, -0.15) is 0 Å². The van der Waals surface area contributed by atoms with Gasteiger partial charge in [0.05, 0.1) is 16.0 Å². The molecule has 0 radical (unpaired) electrons. The molecule has 1 amide bonds. The van der Waals surface area contributed by atoms with Crippen LogP contribution in [0.25, 0.3) is 10.9 Å². The molecule has 2 N–H and O–H groups in total. The van der Waals surface area contributed by atoms with Gasteiger partial charge in [0.1, 0.15) is 0 Å². The van der Waals surface area contributed by atoms with E-state index in [1.165, 1.54) is 17.9 Å². The van der Waals surface area contributed by atoms with Gasteiger partial charge in [0, 0.05) is 35.4 Å². The Morgan fingerprint density at radius 3 is 2.71 bits per heavy atom. The summed E-state index contributed by atoms with van der Waals surface area (Å²) >= 11 is 6.86. The molecule has 10 heteroatoms. The molecular weight excluding hydrogens is 499 g/mol. The van der Waals surface area contributed by atoms with Crippen LogP contribution in [0.3, 0.4) is 0 Å². The topological polar surface area (TPSA) is 65.5 Å². The number of hydrogen-bond acceptors (Lipinski definition) is 5. The lowest BCUT2D eigenvalue weighted by Crippen LogP contribution is -2.44. The van der Waals surface area contributed by atoms with Crippen molar-refractivity contribution in [1.29, 1.82) is 0 Å². The minimum absolute atomic E-state index is 0.199. The third kappa shape index (κ3) is 6.71. The van der Waals surface area contributed by atoms with Crippen LogP contribution in [0.5, 0.6) is 0 Å². The lowest BCUT2D eigenvalue weighted by molar-refractivity contribution is -0.139. The number of allylic oxidation sites excluding steroid dienone is 1. The van der Waals surface area contributed by atoms with E-state index in [4.69, 9.17) is 11.6 Å². The third-order valence-corrected chi connectivity index (χ3v) is 6.94. The summed E-state index contributed by atoms with van der Waals surface area (Å²) < 4.78 is 39.9. The second-order valence-corrected chi connectivity index (χ2v) is 10.1. The number of anilines is 1. The Morgan fingerprint density at radius 1 is 1.26 bits per heavy atom. The normalized spacial score (nSPS) is 18.9. The fourth-order valence-electron chi connectivity index (χ4n) is 4.02. The maximum atomic E-state index is 14.0. The van der Waals surface area contributed by atoms with E-state index in [9.17, 15) is 23.1 Å².